The third-order valence-electron chi connectivity index (χ3n) is 3.38. The van der Waals surface area contributed by atoms with Gasteiger partial charge in [0, 0.05) is 12.6 Å². The first-order chi connectivity index (χ1) is 10.9. The summed E-state index contributed by atoms with van der Waals surface area (Å²) >= 11 is 0. The number of nitrogens with zero attached hydrogens (tertiary/aromatic N) is 6. The highest BCUT2D eigenvalue weighted by Gasteiger charge is 2.17. The molecular weight excluding hydrogens is 318 g/mol. The molecule has 0 radical (unpaired) electrons. The van der Waals surface area contributed by atoms with Crippen LogP contribution in [0.5, 0.6) is 0 Å². The smallest absolute Gasteiger partial charge is 0.204 e. The van der Waals surface area contributed by atoms with E-state index in [4.69, 9.17) is 0 Å². The van der Waals surface area contributed by atoms with Gasteiger partial charge in [-0.2, -0.15) is 10.3 Å². The minimum Gasteiger partial charge on any atom is -0.573 e. The average Bonchev–Trinajstić information content (AvgIpc) is 3.08. The summed E-state index contributed by atoms with van der Waals surface area (Å²) in [5, 5.41) is 17.7. The van der Waals surface area contributed by atoms with Gasteiger partial charge in [0.25, 0.3) is 0 Å². The van der Waals surface area contributed by atoms with Gasteiger partial charge in [0.1, 0.15) is 10.0 Å². The van der Waals surface area contributed by atoms with E-state index in [9.17, 15) is 8.42 Å². The van der Waals surface area contributed by atoms with E-state index in [0.717, 1.165) is 0 Å². The molecule has 0 atom stereocenters. The maximum absolute atomic E-state index is 12.6. The van der Waals surface area contributed by atoms with E-state index >= 15 is 0 Å². The van der Waals surface area contributed by atoms with Crippen molar-refractivity contribution < 1.29 is 8.42 Å². The predicted octanol–water partition coefficient (Wildman–Crippen LogP) is 1.61. The number of aromatic amines is 1. The summed E-state index contributed by atoms with van der Waals surface area (Å²) in [5.74, 6) is 0.369. The molecule has 3 rings (SSSR count). The van der Waals surface area contributed by atoms with Gasteiger partial charge in [-0.05, 0) is 19.1 Å². The SMILES string of the molecule is Cc1nn(C)c(C)c1S(=O)(=O)[N-]c1cccc(-c2nn[nH]n2)c1. The Bertz CT molecular complexity index is 945. The molecule has 3 aromatic rings. The first kappa shape index (κ1) is 15.2. The number of nitrogens with one attached hydrogen (secondary N) is 1. The van der Waals surface area contributed by atoms with Crippen LogP contribution in [0.15, 0.2) is 29.2 Å². The Morgan fingerprint density at radius 1 is 1.26 bits per heavy atom. The molecular formula is C13H14N7O2S-. The number of aromatic nitrogens is 6. The van der Waals surface area contributed by atoms with E-state index in [-0.39, 0.29) is 10.6 Å². The second kappa shape index (κ2) is 5.47. The maximum atomic E-state index is 12.6. The zero-order valence-electron chi connectivity index (χ0n) is 12.7. The molecule has 0 aliphatic rings. The highest BCUT2D eigenvalue weighted by molar-refractivity contribution is 7.94. The molecule has 9 nitrogen and oxygen atoms in total. The number of benzene rings is 1. The Labute approximate surface area is 132 Å². The van der Waals surface area contributed by atoms with Crippen molar-refractivity contribution in [3.8, 4) is 11.4 Å². The number of tetrazole rings is 1. The number of hydrogen-bond donors (Lipinski definition) is 1. The van der Waals surface area contributed by atoms with Crippen molar-refractivity contribution in [1.82, 2.24) is 30.4 Å². The van der Waals surface area contributed by atoms with Gasteiger partial charge < -0.3 is 4.72 Å². The summed E-state index contributed by atoms with van der Waals surface area (Å²) in [5.41, 5.74) is 1.87. The molecule has 10 heteroatoms. The Morgan fingerprint density at radius 3 is 2.65 bits per heavy atom. The van der Waals surface area contributed by atoms with E-state index in [2.05, 4.69) is 30.4 Å². The van der Waals surface area contributed by atoms with E-state index in [1.807, 2.05) is 0 Å². The number of aryl methyl sites for hydroxylation is 2. The van der Waals surface area contributed by atoms with Gasteiger partial charge in [-0.1, -0.05) is 24.3 Å². The van der Waals surface area contributed by atoms with Crippen LogP contribution in [0, 0.1) is 13.8 Å². The lowest BCUT2D eigenvalue weighted by Crippen LogP contribution is -2.02. The molecule has 0 unspecified atom stereocenters. The van der Waals surface area contributed by atoms with Crippen LogP contribution in [0.2, 0.25) is 0 Å². The summed E-state index contributed by atoms with van der Waals surface area (Å²) in [6.07, 6.45) is 0. The molecule has 23 heavy (non-hydrogen) atoms. The van der Waals surface area contributed by atoms with Crippen LogP contribution >= 0.6 is 0 Å². The Kier molecular flexibility index (Phi) is 3.60. The van der Waals surface area contributed by atoms with Crippen molar-refractivity contribution in [2.24, 2.45) is 7.05 Å². The van der Waals surface area contributed by atoms with E-state index in [1.54, 1.807) is 45.2 Å². The normalized spacial score (nSPS) is 11.6. The molecule has 0 spiro atoms. The van der Waals surface area contributed by atoms with Gasteiger partial charge in [0.2, 0.25) is 5.82 Å². The quantitative estimate of drug-likeness (QED) is 0.775. The minimum absolute atomic E-state index is 0.130. The fourth-order valence-corrected chi connectivity index (χ4v) is 3.70. The van der Waals surface area contributed by atoms with Gasteiger partial charge in [-0.15, -0.1) is 15.9 Å². The van der Waals surface area contributed by atoms with Gasteiger partial charge in [0.05, 0.1) is 16.3 Å². The molecule has 120 valence electrons. The van der Waals surface area contributed by atoms with Gasteiger partial charge in [-0.3, -0.25) is 4.68 Å². The lowest BCUT2D eigenvalue weighted by molar-refractivity contribution is 0.602. The summed E-state index contributed by atoms with van der Waals surface area (Å²) < 4.78 is 30.6. The average molecular weight is 332 g/mol. The molecule has 2 aromatic heterocycles. The zero-order chi connectivity index (χ0) is 16.6. The van der Waals surface area contributed by atoms with Gasteiger partial charge >= 0.3 is 0 Å². The lowest BCUT2D eigenvalue weighted by Gasteiger charge is -2.22. The number of sulfonamides is 1. The molecule has 0 fully saturated rings. The molecule has 1 N–H and O–H groups in total. The second-order valence-corrected chi connectivity index (χ2v) is 6.52. The van der Waals surface area contributed by atoms with Crippen molar-refractivity contribution in [3.05, 3.63) is 40.4 Å². The third kappa shape index (κ3) is 2.80. The van der Waals surface area contributed by atoms with Crippen molar-refractivity contribution >= 4 is 15.7 Å². The van der Waals surface area contributed by atoms with E-state index in [1.165, 1.54) is 4.68 Å². The monoisotopic (exact) mass is 332 g/mol. The standard InChI is InChI=1S/C13H14N7O2S/c1-8-12(9(2)20(3)16-8)23(21,22)17-11-6-4-5-10(7-11)13-14-18-19-15-13/h4-7H,1-3H3,(H,14,15,18,19)/q-1. The van der Waals surface area contributed by atoms with Crippen LogP contribution in [0.4, 0.5) is 5.69 Å². The van der Waals surface area contributed by atoms with Crippen LogP contribution in [-0.2, 0) is 17.1 Å². The highest BCUT2D eigenvalue weighted by atomic mass is 32.2. The third-order valence-corrected chi connectivity index (χ3v) is 4.93. The van der Waals surface area contributed by atoms with Crippen LogP contribution in [0.1, 0.15) is 11.4 Å². The van der Waals surface area contributed by atoms with Crippen molar-refractivity contribution in [1.29, 1.82) is 0 Å². The fraction of sp³-hybridized carbons (Fsp3) is 0.231. The molecule has 0 aliphatic heterocycles. The van der Waals surface area contributed by atoms with E-state index in [0.29, 0.717) is 22.8 Å². The first-order valence-corrected chi connectivity index (χ1v) is 8.14. The van der Waals surface area contributed by atoms with Crippen LogP contribution in [0.25, 0.3) is 16.1 Å². The molecule has 0 saturated carbocycles. The Balaban J connectivity index is 1.97. The molecule has 1 aromatic carbocycles. The summed E-state index contributed by atoms with van der Waals surface area (Å²) in [6.45, 7) is 3.34. The maximum Gasteiger partial charge on any atom is 0.204 e. The highest BCUT2D eigenvalue weighted by Crippen LogP contribution is 2.32. The summed E-state index contributed by atoms with van der Waals surface area (Å²) in [4.78, 5) is 0.130. The van der Waals surface area contributed by atoms with Gasteiger partial charge in [-0.25, -0.2) is 8.42 Å². The molecule has 0 saturated heterocycles. The van der Waals surface area contributed by atoms with Crippen LogP contribution in [0.3, 0.4) is 0 Å². The largest absolute Gasteiger partial charge is 0.573 e. The van der Waals surface area contributed by atoms with Crippen molar-refractivity contribution in [3.63, 3.8) is 0 Å². The predicted molar refractivity (Wildman–Crippen MR) is 82.5 cm³/mol. The number of rotatable bonds is 4. The molecule has 0 bridgehead atoms. The van der Waals surface area contributed by atoms with Crippen LogP contribution < -0.4 is 0 Å². The Morgan fingerprint density at radius 2 is 2.04 bits per heavy atom. The second-order valence-electron chi connectivity index (χ2n) is 4.98. The molecule has 0 amide bonds. The minimum atomic E-state index is -3.86. The van der Waals surface area contributed by atoms with Gasteiger partial charge in [0.15, 0.2) is 0 Å². The van der Waals surface area contributed by atoms with Crippen LogP contribution in [-0.4, -0.2) is 38.8 Å². The zero-order valence-corrected chi connectivity index (χ0v) is 13.5. The summed E-state index contributed by atoms with van der Waals surface area (Å²) in [6, 6.07) is 6.62. The summed E-state index contributed by atoms with van der Waals surface area (Å²) in [7, 11) is -2.17. The van der Waals surface area contributed by atoms with E-state index < -0.39 is 10.0 Å². The van der Waals surface area contributed by atoms with Crippen molar-refractivity contribution in [2.75, 3.05) is 0 Å². The Hall–Kier alpha value is -2.75. The first-order valence-electron chi connectivity index (χ1n) is 6.70. The number of H-pyrrole nitrogens is 1. The molecule has 2 heterocycles. The topological polar surface area (TPSA) is 121 Å². The van der Waals surface area contributed by atoms with Crippen molar-refractivity contribution in [2.45, 2.75) is 18.7 Å². The lowest BCUT2D eigenvalue weighted by atomic mass is 10.2. The molecule has 0 aliphatic carbocycles. The fourth-order valence-electron chi connectivity index (χ4n) is 2.30. The number of hydrogen-bond acceptors (Lipinski definition) is 6.